The highest BCUT2D eigenvalue weighted by Gasteiger charge is 2.09. The third-order valence-corrected chi connectivity index (χ3v) is 1.49. The summed E-state index contributed by atoms with van der Waals surface area (Å²) in [6.45, 7) is 1.85. The maximum atomic E-state index is 11.3. The average molecular weight is 225 g/mol. The van der Waals surface area contributed by atoms with E-state index in [0.29, 0.717) is 5.56 Å². The predicted molar refractivity (Wildman–Crippen MR) is 53.1 cm³/mol. The minimum Gasteiger partial charge on any atom is -0.332 e. The molecule has 0 heterocycles. The smallest absolute Gasteiger partial charge is 0.332 e. The Hall–Kier alpha value is -2.08. The second-order valence-electron chi connectivity index (χ2n) is 2.63. The van der Waals surface area contributed by atoms with E-state index < -0.39 is 12.1 Å². The van der Waals surface area contributed by atoms with E-state index in [0.717, 1.165) is 0 Å². The van der Waals surface area contributed by atoms with Crippen LogP contribution in [0.15, 0.2) is 30.3 Å². The molecule has 0 aromatic heterocycles. The molecule has 0 unspecified atom stereocenters. The number of amides is 1. The lowest BCUT2D eigenvalue weighted by Gasteiger charge is -2.04. The second-order valence-corrected chi connectivity index (χ2v) is 2.63. The molecule has 0 radical (unpaired) electrons. The number of hydrogen-bond donors (Lipinski definition) is 1. The maximum absolute atomic E-state index is 11.3. The Morgan fingerprint density at radius 2 is 1.94 bits per heavy atom. The van der Waals surface area contributed by atoms with Crippen molar-refractivity contribution < 1.29 is 24.2 Å². The Morgan fingerprint density at radius 3 is 2.56 bits per heavy atom. The number of benzene rings is 1. The van der Waals surface area contributed by atoms with Crippen molar-refractivity contribution in [1.29, 1.82) is 0 Å². The van der Waals surface area contributed by atoms with Gasteiger partial charge in [0.2, 0.25) is 0 Å². The summed E-state index contributed by atoms with van der Waals surface area (Å²) in [5.41, 5.74) is 2.10. The van der Waals surface area contributed by atoms with E-state index >= 15 is 0 Å². The van der Waals surface area contributed by atoms with Gasteiger partial charge >= 0.3 is 12.1 Å². The molecule has 0 bridgehead atoms. The second kappa shape index (κ2) is 6.41. The quantitative estimate of drug-likeness (QED) is 0.622. The van der Waals surface area contributed by atoms with Gasteiger partial charge < -0.3 is 4.84 Å². The van der Waals surface area contributed by atoms with Gasteiger partial charge in [-0.3, -0.25) is 4.89 Å². The Bertz CT molecular complexity index is 351. The number of hydroxylamine groups is 1. The first kappa shape index (κ1) is 12.0. The fourth-order valence-electron chi connectivity index (χ4n) is 0.851. The van der Waals surface area contributed by atoms with Gasteiger partial charge in [-0.05, 0) is 19.1 Å². The highest BCUT2D eigenvalue weighted by molar-refractivity contribution is 5.89. The van der Waals surface area contributed by atoms with Gasteiger partial charge in [-0.25, -0.2) is 9.59 Å². The van der Waals surface area contributed by atoms with Crippen LogP contribution in [0.4, 0.5) is 4.79 Å². The zero-order chi connectivity index (χ0) is 11.8. The van der Waals surface area contributed by atoms with Crippen LogP contribution in [0.1, 0.15) is 17.3 Å². The van der Waals surface area contributed by atoms with Crippen molar-refractivity contribution in [1.82, 2.24) is 5.48 Å². The van der Waals surface area contributed by atoms with E-state index in [2.05, 4.69) is 14.6 Å². The fourth-order valence-corrected chi connectivity index (χ4v) is 0.851. The van der Waals surface area contributed by atoms with Gasteiger partial charge in [0.05, 0.1) is 12.2 Å². The average Bonchev–Trinajstić information content (AvgIpc) is 2.34. The Kier molecular flexibility index (Phi) is 4.81. The number of hydrogen-bond acceptors (Lipinski definition) is 5. The van der Waals surface area contributed by atoms with Crippen LogP contribution in [0.25, 0.3) is 0 Å². The number of carbonyl (C=O) groups excluding carboxylic acids is 2. The van der Waals surface area contributed by atoms with Crippen molar-refractivity contribution in [3.63, 3.8) is 0 Å². The van der Waals surface area contributed by atoms with Crippen molar-refractivity contribution >= 4 is 12.1 Å². The highest BCUT2D eigenvalue weighted by Crippen LogP contribution is 1.99. The first-order chi connectivity index (χ1) is 7.74. The number of nitrogens with one attached hydrogen (secondary N) is 1. The summed E-state index contributed by atoms with van der Waals surface area (Å²) in [7, 11) is 0. The van der Waals surface area contributed by atoms with E-state index in [1.165, 1.54) is 0 Å². The van der Waals surface area contributed by atoms with Crippen molar-refractivity contribution in [3.05, 3.63) is 35.9 Å². The Morgan fingerprint density at radius 1 is 1.25 bits per heavy atom. The lowest BCUT2D eigenvalue weighted by atomic mass is 10.2. The summed E-state index contributed by atoms with van der Waals surface area (Å²) in [6, 6.07) is 8.22. The third-order valence-electron chi connectivity index (χ3n) is 1.49. The van der Waals surface area contributed by atoms with Crippen molar-refractivity contribution in [2.75, 3.05) is 6.61 Å². The standard InChI is InChI=1S/C10H11NO5/c1-2-14-16-10(13)11-15-9(12)8-6-4-3-5-7-8/h3-7H,2H2,1H3,(H,11,13). The molecule has 1 N–H and O–H groups in total. The Labute approximate surface area is 92.0 Å². The monoisotopic (exact) mass is 225 g/mol. The van der Waals surface area contributed by atoms with Crippen LogP contribution in [-0.4, -0.2) is 18.7 Å². The zero-order valence-corrected chi connectivity index (χ0v) is 8.64. The molecule has 1 aromatic rings. The van der Waals surface area contributed by atoms with Gasteiger partial charge in [-0.2, -0.15) is 4.89 Å². The molecule has 0 atom stereocenters. The van der Waals surface area contributed by atoms with Gasteiger partial charge in [-0.15, -0.1) is 5.48 Å². The lowest BCUT2D eigenvalue weighted by molar-refractivity contribution is -0.239. The SMILES string of the molecule is CCOOC(=O)NOC(=O)c1ccccc1. The van der Waals surface area contributed by atoms with Gasteiger partial charge in [0.1, 0.15) is 0 Å². The van der Waals surface area contributed by atoms with E-state index in [1.54, 1.807) is 42.7 Å². The van der Waals surface area contributed by atoms with E-state index in [-0.39, 0.29) is 6.61 Å². The van der Waals surface area contributed by atoms with E-state index in [4.69, 9.17) is 0 Å². The molecule has 0 aliphatic carbocycles. The fraction of sp³-hybridized carbons (Fsp3) is 0.200. The predicted octanol–water partition coefficient (Wildman–Crippen LogP) is 1.44. The van der Waals surface area contributed by atoms with Gasteiger partial charge in [-0.1, -0.05) is 18.2 Å². The molecule has 6 nitrogen and oxygen atoms in total. The number of rotatable bonds is 3. The summed E-state index contributed by atoms with van der Waals surface area (Å²) in [4.78, 5) is 35.0. The normalized spacial score (nSPS) is 9.31. The minimum absolute atomic E-state index is 0.208. The number of carbonyl (C=O) groups is 2. The van der Waals surface area contributed by atoms with Crippen LogP contribution in [0.3, 0.4) is 0 Å². The molecule has 0 aliphatic rings. The zero-order valence-electron chi connectivity index (χ0n) is 8.64. The summed E-state index contributed by atoms with van der Waals surface area (Å²) >= 11 is 0. The molecule has 1 aromatic carbocycles. The molecule has 1 rings (SSSR count). The minimum atomic E-state index is -0.994. The summed E-state index contributed by atoms with van der Waals surface area (Å²) < 4.78 is 0. The van der Waals surface area contributed by atoms with Crippen LogP contribution >= 0.6 is 0 Å². The van der Waals surface area contributed by atoms with Crippen molar-refractivity contribution in [3.8, 4) is 0 Å². The third kappa shape index (κ3) is 3.97. The van der Waals surface area contributed by atoms with Crippen LogP contribution in [0.5, 0.6) is 0 Å². The molecule has 16 heavy (non-hydrogen) atoms. The van der Waals surface area contributed by atoms with E-state index in [9.17, 15) is 9.59 Å². The van der Waals surface area contributed by atoms with Crippen LogP contribution in [0.2, 0.25) is 0 Å². The lowest BCUT2D eigenvalue weighted by Crippen LogP contribution is -2.27. The molecule has 1 amide bonds. The summed E-state index contributed by atoms with van der Waals surface area (Å²) in [5.74, 6) is -0.686. The first-order valence-corrected chi connectivity index (χ1v) is 4.59. The largest absolute Gasteiger partial charge is 0.471 e. The van der Waals surface area contributed by atoms with Crippen LogP contribution in [-0.2, 0) is 14.6 Å². The Balaban J connectivity index is 2.33. The van der Waals surface area contributed by atoms with Gasteiger partial charge in [0.25, 0.3) is 0 Å². The molecular weight excluding hydrogens is 214 g/mol. The van der Waals surface area contributed by atoms with Crippen molar-refractivity contribution in [2.24, 2.45) is 0 Å². The molecule has 0 saturated heterocycles. The molecule has 86 valence electrons. The van der Waals surface area contributed by atoms with Crippen LogP contribution < -0.4 is 5.48 Å². The van der Waals surface area contributed by atoms with Crippen molar-refractivity contribution in [2.45, 2.75) is 6.92 Å². The topological polar surface area (TPSA) is 73.9 Å². The molecular formula is C10H11NO5. The molecule has 6 heteroatoms. The van der Waals surface area contributed by atoms with E-state index in [1.807, 2.05) is 0 Å². The molecule has 0 spiro atoms. The summed E-state index contributed by atoms with van der Waals surface area (Å²) in [5, 5.41) is 0. The maximum Gasteiger partial charge on any atom is 0.471 e. The highest BCUT2D eigenvalue weighted by atomic mass is 17.2. The molecule has 0 saturated carbocycles. The van der Waals surface area contributed by atoms with Crippen LogP contribution in [0, 0.1) is 0 Å². The summed E-state index contributed by atoms with van der Waals surface area (Å²) in [6.07, 6.45) is -0.994. The van der Waals surface area contributed by atoms with Gasteiger partial charge in [0, 0.05) is 0 Å². The molecule has 0 fully saturated rings. The molecule has 0 aliphatic heterocycles. The first-order valence-electron chi connectivity index (χ1n) is 4.59. The van der Waals surface area contributed by atoms with Gasteiger partial charge in [0.15, 0.2) is 0 Å².